The van der Waals surface area contributed by atoms with E-state index in [0.717, 1.165) is 27.8 Å². The Hall–Kier alpha value is -4.17. The third kappa shape index (κ3) is 6.29. The summed E-state index contributed by atoms with van der Waals surface area (Å²) in [5.74, 6) is -1.99. The summed E-state index contributed by atoms with van der Waals surface area (Å²) in [5, 5.41) is 15.0. The predicted octanol–water partition coefficient (Wildman–Crippen LogP) is 4.87. The molecule has 0 aromatic heterocycles. The molecule has 0 saturated carbocycles. The van der Waals surface area contributed by atoms with Crippen molar-refractivity contribution in [1.29, 1.82) is 0 Å². The molecule has 0 aliphatic heterocycles. The van der Waals surface area contributed by atoms with Crippen LogP contribution in [-0.2, 0) is 25.7 Å². The first-order valence-corrected chi connectivity index (χ1v) is 13.1. The molecule has 3 aromatic carbocycles. The molecule has 204 valence electrons. The highest BCUT2D eigenvalue weighted by molar-refractivity contribution is 5.92. The third-order valence-electron chi connectivity index (χ3n) is 7.31. The van der Waals surface area contributed by atoms with Gasteiger partial charge < -0.3 is 25.2 Å². The summed E-state index contributed by atoms with van der Waals surface area (Å²) < 4.78 is 11.3. The summed E-state index contributed by atoms with van der Waals surface area (Å²) in [5.41, 5.74) is 3.88. The molecule has 3 atom stereocenters. The van der Waals surface area contributed by atoms with Gasteiger partial charge in [0.2, 0.25) is 5.91 Å². The lowest BCUT2D eigenvalue weighted by Crippen LogP contribution is -2.61. The molecule has 0 spiro atoms. The van der Waals surface area contributed by atoms with Gasteiger partial charge in [-0.05, 0) is 48.1 Å². The Balaban J connectivity index is 1.37. The summed E-state index contributed by atoms with van der Waals surface area (Å²) in [7, 11) is 0. The van der Waals surface area contributed by atoms with Gasteiger partial charge in [-0.2, -0.15) is 0 Å². The van der Waals surface area contributed by atoms with E-state index in [4.69, 9.17) is 9.47 Å². The molecule has 1 aliphatic carbocycles. The number of carbonyl (C=O) groups excluding carboxylic acids is 2. The van der Waals surface area contributed by atoms with Crippen LogP contribution in [-0.4, -0.2) is 47.4 Å². The van der Waals surface area contributed by atoms with E-state index in [1.54, 1.807) is 13.8 Å². The fourth-order valence-electron chi connectivity index (χ4n) is 4.74. The first kappa shape index (κ1) is 27.9. The number of alkyl carbamates (subject to hydrolysis) is 1. The summed E-state index contributed by atoms with van der Waals surface area (Å²) in [6, 6.07) is 24.1. The summed E-state index contributed by atoms with van der Waals surface area (Å²) >= 11 is 0. The van der Waals surface area contributed by atoms with Crippen LogP contribution in [0.5, 0.6) is 0 Å². The van der Waals surface area contributed by atoms with E-state index in [0.29, 0.717) is 0 Å². The number of fused-ring (bicyclic) bond motifs is 3. The number of hydrogen-bond donors (Lipinski definition) is 3. The Labute approximate surface area is 228 Å². The molecule has 8 nitrogen and oxygen atoms in total. The molecule has 3 unspecified atom stereocenters. The third-order valence-corrected chi connectivity index (χ3v) is 7.31. The van der Waals surface area contributed by atoms with Crippen molar-refractivity contribution in [3.8, 4) is 11.1 Å². The van der Waals surface area contributed by atoms with Crippen LogP contribution in [0.2, 0.25) is 0 Å². The quantitative estimate of drug-likeness (QED) is 0.326. The molecule has 0 fully saturated rings. The lowest BCUT2D eigenvalue weighted by Gasteiger charge is -2.31. The van der Waals surface area contributed by atoms with Gasteiger partial charge in [-0.15, -0.1) is 0 Å². The van der Waals surface area contributed by atoms with Crippen molar-refractivity contribution in [2.45, 2.75) is 57.4 Å². The minimum atomic E-state index is -1.39. The summed E-state index contributed by atoms with van der Waals surface area (Å²) in [4.78, 5) is 38.0. The van der Waals surface area contributed by atoms with Gasteiger partial charge in [0.1, 0.15) is 12.1 Å². The van der Waals surface area contributed by atoms with Gasteiger partial charge in [0.05, 0.1) is 12.7 Å². The van der Waals surface area contributed by atoms with Crippen molar-refractivity contribution in [3.63, 3.8) is 0 Å². The molecular weight excluding hydrogens is 496 g/mol. The SMILES string of the molecule is CCC(C)(NC(=O)OCC1c2ccccc2-c2ccccc21)C(=O)NC(C(=O)O)C(C)OCc1ccccc1. The maximum absolute atomic E-state index is 13.2. The lowest BCUT2D eigenvalue weighted by molar-refractivity contribution is -0.147. The van der Waals surface area contributed by atoms with Crippen molar-refractivity contribution in [1.82, 2.24) is 10.6 Å². The largest absolute Gasteiger partial charge is 0.480 e. The number of amides is 2. The molecule has 4 rings (SSSR count). The zero-order valence-corrected chi connectivity index (χ0v) is 22.3. The van der Waals surface area contributed by atoms with Crippen molar-refractivity contribution >= 4 is 18.0 Å². The molecular formula is C31H34N2O6. The lowest BCUT2D eigenvalue weighted by atomic mass is 9.96. The van der Waals surface area contributed by atoms with Crippen LogP contribution in [0, 0.1) is 0 Å². The van der Waals surface area contributed by atoms with E-state index < -0.39 is 35.7 Å². The summed E-state index contributed by atoms with van der Waals surface area (Å²) in [6.45, 7) is 5.16. The summed E-state index contributed by atoms with van der Waals surface area (Å²) in [6.07, 6.45) is -1.35. The van der Waals surface area contributed by atoms with E-state index in [2.05, 4.69) is 22.8 Å². The van der Waals surface area contributed by atoms with E-state index in [1.165, 1.54) is 6.92 Å². The van der Waals surface area contributed by atoms with E-state index >= 15 is 0 Å². The number of hydrogen-bond acceptors (Lipinski definition) is 5. The zero-order valence-electron chi connectivity index (χ0n) is 22.3. The number of benzene rings is 3. The second-order valence-corrected chi connectivity index (χ2v) is 9.93. The van der Waals surface area contributed by atoms with Crippen LogP contribution in [0.25, 0.3) is 11.1 Å². The highest BCUT2D eigenvalue weighted by Gasteiger charge is 2.38. The van der Waals surface area contributed by atoms with Crippen molar-refractivity contribution in [3.05, 3.63) is 95.6 Å². The second-order valence-electron chi connectivity index (χ2n) is 9.93. The Kier molecular flexibility index (Phi) is 8.66. The monoisotopic (exact) mass is 530 g/mol. The average molecular weight is 531 g/mol. The van der Waals surface area contributed by atoms with Crippen LogP contribution in [0.4, 0.5) is 4.79 Å². The first-order chi connectivity index (χ1) is 18.7. The highest BCUT2D eigenvalue weighted by atomic mass is 16.5. The molecule has 0 heterocycles. The van der Waals surface area contributed by atoms with Gasteiger partial charge in [-0.25, -0.2) is 9.59 Å². The molecule has 39 heavy (non-hydrogen) atoms. The minimum Gasteiger partial charge on any atom is -0.480 e. The number of carboxylic acids is 1. The normalized spacial score (nSPS) is 15.3. The Morgan fingerprint density at radius 2 is 1.49 bits per heavy atom. The molecule has 0 saturated heterocycles. The first-order valence-electron chi connectivity index (χ1n) is 13.1. The van der Waals surface area contributed by atoms with Crippen molar-refractivity contribution < 1.29 is 29.0 Å². The fraction of sp³-hybridized carbons (Fsp3) is 0.323. The molecule has 3 N–H and O–H groups in total. The molecule has 3 aromatic rings. The van der Waals surface area contributed by atoms with Crippen molar-refractivity contribution in [2.75, 3.05) is 6.61 Å². The Morgan fingerprint density at radius 3 is 2.05 bits per heavy atom. The Morgan fingerprint density at radius 1 is 0.923 bits per heavy atom. The maximum Gasteiger partial charge on any atom is 0.408 e. The van der Waals surface area contributed by atoms with Gasteiger partial charge in [0.25, 0.3) is 0 Å². The smallest absolute Gasteiger partial charge is 0.408 e. The van der Waals surface area contributed by atoms with Gasteiger partial charge in [-0.3, -0.25) is 4.79 Å². The molecule has 1 aliphatic rings. The van der Waals surface area contributed by atoms with Crippen LogP contribution < -0.4 is 10.6 Å². The van der Waals surface area contributed by atoms with Crippen LogP contribution in [0.1, 0.15) is 49.8 Å². The fourth-order valence-corrected chi connectivity index (χ4v) is 4.74. The Bertz CT molecular complexity index is 1280. The standard InChI is InChI=1S/C31H34N2O6/c1-4-31(3,29(36)32-27(28(34)35)20(2)38-18-21-12-6-5-7-13-21)33-30(37)39-19-26-24-16-10-8-14-22(24)23-15-9-11-17-25(23)26/h5-17,20,26-27H,4,18-19H2,1-3H3,(H,32,36)(H,33,37)(H,34,35). The van der Waals surface area contributed by atoms with Gasteiger partial charge in [0, 0.05) is 5.92 Å². The van der Waals surface area contributed by atoms with Crippen LogP contribution in [0.15, 0.2) is 78.9 Å². The number of rotatable bonds is 11. The van der Waals surface area contributed by atoms with E-state index in [1.807, 2.05) is 66.7 Å². The molecule has 8 heteroatoms. The minimum absolute atomic E-state index is 0.101. The van der Waals surface area contributed by atoms with Crippen LogP contribution in [0.3, 0.4) is 0 Å². The topological polar surface area (TPSA) is 114 Å². The van der Waals surface area contributed by atoms with Crippen LogP contribution >= 0.6 is 0 Å². The number of carbonyl (C=O) groups is 3. The molecule has 2 amide bonds. The number of carboxylic acid groups (broad SMARTS) is 1. The van der Waals surface area contributed by atoms with E-state index in [9.17, 15) is 19.5 Å². The predicted molar refractivity (Wildman–Crippen MR) is 147 cm³/mol. The number of ether oxygens (including phenoxy) is 2. The van der Waals surface area contributed by atoms with E-state index in [-0.39, 0.29) is 25.6 Å². The van der Waals surface area contributed by atoms with Gasteiger partial charge >= 0.3 is 12.1 Å². The number of aliphatic carboxylic acids is 1. The number of nitrogens with one attached hydrogen (secondary N) is 2. The highest BCUT2D eigenvalue weighted by Crippen LogP contribution is 2.44. The van der Waals surface area contributed by atoms with Gasteiger partial charge in [-0.1, -0.05) is 85.8 Å². The second kappa shape index (κ2) is 12.1. The zero-order chi connectivity index (χ0) is 28.0. The average Bonchev–Trinajstić information content (AvgIpc) is 3.27. The van der Waals surface area contributed by atoms with Gasteiger partial charge in [0.15, 0.2) is 6.04 Å². The van der Waals surface area contributed by atoms with Crippen molar-refractivity contribution in [2.24, 2.45) is 0 Å². The molecule has 0 bridgehead atoms. The molecule has 0 radical (unpaired) electrons. The maximum atomic E-state index is 13.2.